The number of esters is 5. The van der Waals surface area contributed by atoms with Gasteiger partial charge in [0.1, 0.15) is 12.7 Å². The van der Waals surface area contributed by atoms with Crippen molar-refractivity contribution in [3.05, 3.63) is 23.8 Å². The molecule has 1 aliphatic heterocycles. The van der Waals surface area contributed by atoms with Crippen molar-refractivity contribution in [2.24, 2.45) is 5.41 Å². The molecule has 7 atom stereocenters. The van der Waals surface area contributed by atoms with Crippen LogP contribution in [0.3, 0.4) is 0 Å². The van der Waals surface area contributed by atoms with E-state index in [0.29, 0.717) is 12.2 Å². The highest BCUT2D eigenvalue weighted by molar-refractivity contribution is 5.93. The first-order valence-corrected chi connectivity index (χ1v) is 15.0. The van der Waals surface area contributed by atoms with Gasteiger partial charge in [-0.2, -0.15) is 65.9 Å². The molecular weight excluding hydrogens is 841 g/mol. The maximum absolute atomic E-state index is 13.3. The molecule has 0 unspecified atom stereocenters. The molecule has 13 nitrogen and oxygen atoms in total. The number of hydrogen-bond donors (Lipinski definition) is 0. The molecule has 28 heteroatoms. The fourth-order valence-corrected chi connectivity index (χ4v) is 5.18. The Bertz CT molecular complexity index is 1620. The van der Waals surface area contributed by atoms with E-state index < -0.39 is 133 Å². The highest BCUT2D eigenvalue weighted by atomic mass is 19.4. The summed E-state index contributed by atoms with van der Waals surface area (Å²) in [6.45, 7) is 1.86. The van der Waals surface area contributed by atoms with E-state index in [0.717, 1.165) is 33.8 Å². The summed E-state index contributed by atoms with van der Waals surface area (Å²) in [6.07, 6.45) is -47.6. The third-order valence-corrected chi connectivity index (χ3v) is 7.65. The Hall–Kier alpha value is -4.63. The van der Waals surface area contributed by atoms with Gasteiger partial charge in [0.15, 0.2) is 36.0 Å². The molecule has 0 aromatic carbocycles. The van der Waals surface area contributed by atoms with Gasteiger partial charge in [-0.15, -0.1) is 0 Å². The molecule has 0 spiro atoms. The Morgan fingerprint density at radius 1 is 0.719 bits per heavy atom. The molecule has 0 amide bonds. The second-order valence-corrected chi connectivity index (χ2v) is 12.4. The number of hydrogen-bond acceptors (Lipinski definition) is 13. The van der Waals surface area contributed by atoms with Gasteiger partial charge >= 0.3 is 60.7 Å². The largest absolute Gasteiger partial charge is 0.490 e. The number of carbonyl (C=O) groups is 6. The lowest BCUT2D eigenvalue weighted by Crippen LogP contribution is -2.64. The third kappa shape index (κ3) is 12.2. The molecule has 2 aliphatic rings. The fourth-order valence-electron chi connectivity index (χ4n) is 5.18. The number of ether oxygens (including phenoxy) is 7. The minimum absolute atomic E-state index is 0.393. The SMILES string of the molecule is CC1=CC(=O)CC(C)(C)[C@]1(/C=C/[C@@H](C)O[C@@H]1O[C@H](COC(=O)C(F)(F)F)[C@@H](OC(=O)C(F)(F)F)[C@H](OC(=O)C(F)(F)F)[C@H]1OC(=O)C(F)(F)F)OC(=O)C(F)(F)F. The van der Waals surface area contributed by atoms with Gasteiger partial charge in [-0.1, -0.05) is 19.9 Å². The van der Waals surface area contributed by atoms with E-state index in [1.165, 1.54) is 0 Å². The van der Waals surface area contributed by atoms with Crippen LogP contribution in [0.25, 0.3) is 0 Å². The van der Waals surface area contributed by atoms with E-state index in [2.05, 4.69) is 18.9 Å². The topological polar surface area (TPSA) is 167 Å². The van der Waals surface area contributed by atoms with Crippen LogP contribution in [0.2, 0.25) is 0 Å². The zero-order chi connectivity index (χ0) is 44.5. The van der Waals surface area contributed by atoms with Gasteiger partial charge in [0.25, 0.3) is 0 Å². The maximum Gasteiger partial charge on any atom is 0.490 e. The molecule has 2 rings (SSSR count). The Kier molecular flexibility index (Phi) is 14.2. The first-order chi connectivity index (χ1) is 25.4. The highest BCUT2D eigenvalue weighted by Crippen LogP contribution is 2.48. The minimum atomic E-state index is -6.22. The van der Waals surface area contributed by atoms with E-state index >= 15 is 0 Å². The van der Waals surface area contributed by atoms with Crippen molar-refractivity contribution in [1.82, 2.24) is 0 Å². The molecule has 57 heavy (non-hydrogen) atoms. The Balaban J connectivity index is 2.82. The van der Waals surface area contributed by atoms with Crippen molar-refractivity contribution in [2.75, 3.05) is 6.61 Å². The van der Waals surface area contributed by atoms with Gasteiger partial charge in [0.05, 0.1) is 6.10 Å². The molecule has 0 saturated carbocycles. The smallest absolute Gasteiger partial charge is 0.456 e. The second-order valence-electron chi connectivity index (χ2n) is 12.4. The highest BCUT2D eigenvalue weighted by Gasteiger charge is 2.60. The van der Waals surface area contributed by atoms with Gasteiger partial charge < -0.3 is 33.2 Å². The van der Waals surface area contributed by atoms with Crippen molar-refractivity contribution < 1.29 is 128 Å². The summed E-state index contributed by atoms with van der Waals surface area (Å²) in [7, 11) is 0. The van der Waals surface area contributed by atoms with Crippen LogP contribution >= 0.6 is 0 Å². The number of rotatable bonds is 10. The zero-order valence-corrected chi connectivity index (χ0v) is 28.6. The van der Waals surface area contributed by atoms with E-state index in [1.807, 2.05) is 0 Å². The molecular formula is C29H25F15O13. The van der Waals surface area contributed by atoms with Crippen LogP contribution < -0.4 is 0 Å². The Morgan fingerprint density at radius 3 is 1.56 bits per heavy atom. The van der Waals surface area contributed by atoms with Crippen LogP contribution in [0.4, 0.5) is 65.9 Å². The van der Waals surface area contributed by atoms with Crippen molar-refractivity contribution in [1.29, 1.82) is 0 Å². The summed E-state index contributed by atoms with van der Waals surface area (Å²) < 4.78 is 228. The fraction of sp³-hybridized carbons (Fsp3) is 0.655. The molecule has 1 heterocycles. The van der Waals surface area contributed by atoms with Gasteiger partial charge in [0, 0.05) is 11.8 Å². The standard InChI is InChI=1S/C29H25F15O13/c1-10-7-12(45)8-23(3,4)24(10,57-22(50)29(42,43)44)6-5-11(2)52-17-16(56-21(49)28(39,40)41)15(55-20(48)27(36,37)38)14(54-19(47)26(33,34)35)13(53-17)9-51-18(46)25(30,31)32/h5-7,11,13-17H,8-9H2,1-4H3/b6-5+/t11-,13-,14-,15+,16-,17-,24-/m1/s1. The van der Waals surface area contributed by atoms with Crippen LogP contribution in [0.5, 0.6) is 0 Å². The summed E-state index contributed by atoms with van der Waals surface area (Å²) in [6, 6.07) is 0. The van der Waals surface area contributed by atoms with Crippen molar-refractivity contribution in [3.8, 4) is 0 Å². The summed E-state index contributed by atoms with van der Waals surface area (Å²) in [4.78, 5) is 71.1. The van der Waals surface area contributed by atoms with E-state index in [9.17, 15) is 94.6 Å². The molecule has 0 aromatic rings. The Morgan fingerprint density at radius 2 is 1.14 bits per heavy atom. The van der Waals surface area contributed by atoms with Crippen molar-refractivity contribution >= 4 is 35.6 Å². The molecule has 0 bridgehead atoms. The maximum atomic E-state index is 13.3. The lowest BCUT2D eigenvalue weighted by atomic mass is 9.64. The molecule has 1 aliphatic carbocycles. The number of alkyl halides is 15. The van der Waals surface area contributed by atoms with Gasteiger partial charge in [-0.3, -0.25) is 4.79 Å². The number of ketones is 1. The van der Waals surface area contributed by atoms with Crippen LogP contribution in [-0.4, -0.2) is 116 Å². The van der Waals surface area contributed by atoms with Crippen LogP contribution in [-0.2, 0) is 61.9 Å². The van der Waals surface area contributed by atoms with Gasteiger partial charge in [-0.25, -0.2) is 24.0 Å². The number of carbonyl (C=O) groups excluding carboxylic acids is 6. The van der Waals surface area contributed by atoms with Gasteiger partial charge in [0.2, 0.25) is 0 Å². The quantitative estimate of drug-likeness (QED) is 0.125. The molecule has 1 fully saturated rings. The number of allylic oxidation sites excluding steroid dienone is 1. The zero-order valence-electron chi connectivity index (χ0n) is 28.6. The lowest BCUT2D eigenvalue weighted by molar-refractivity contribution is -0.325. The van der Waals surface area contributed by atoms with Crippen molar-refractivity contribution in [2.45, 2.75) is 107 Å². The Labute approximate surface area is 307 Å². The van der Waals surface area contributed by atoms with Crippen LogP contribution in [0, 0.1) is 5.41 Å². The first-order valence-electron chi connectivity index (χ1n) is 15.0. The predicted octanol–water partition coefficient (Wildman–Crippen LogP) is 4.99. The summed E-state index contributed by atoms with van der Waals surface area (Å²) in [5, 5.41) is 0. The van der Waals surface area contributed by atoms with Crippen LogP contribution in [0.15, 0.2) is 23.8 Å². The average Bonchev–Trinajstić information content (AvgIpc) is 3.00. The molecule has 1 saturated heterocycles. The normalized spacial score (nSPS) is 26.5. The van der Waals surface area contributed by atoms with Crippen LogP contribution in [0.1, 0.15) is 34.1 Å². The molecule has 0 aromatic heterocycles. The van der Waals surface area contributed by atoms with E-state index in [1.54, 1.807) is 0 Å². The van der Waals surface area contributed by atoms with E-state index in [4.69, 9.17) is 14.2 Å². The second kappa shape index (κ2) is 16.7. The summed E-state index contributed by atoms with van der Waals surface area (Å²) >= 11 is 0. The number of halogens is 15. The monoisotopic (exact) mass is 866 g/mol. The minimum Gasteiger partial charge on any atom is -0.456 e. The summed E-state index contributed by atoms with van der Waals surface area (Å²) in [5.74, 6) is -17.2. The first kappa shape index (κ1) is 48.5. The van der Waals surface area contributed by atoms with E-state index in [-0.39, 0.29) is 0 Å². The third-order valence-electron chi connectivity index (χ3n) is 7.65. The lowest BCUT2D eigenvalue weighted by Gasteiger charge is -2.47. The molecule has 324 valence electrons. The van der Waals surface area contributed by atoms with Crippen molar-refractivity contribution in [3.63, 3.8) is 0 Å². The molecule has 0 radical (unpaired) electrons. The summed E-state index contributed by atoms with van der Waals surface area (Å²) in [5.41, 5.74) is -4.74. The average molecular weight is 866 g/mol. The predicted molar refractivity (Wildman–Crippen MR) is 145 cm³/mol. The molecule has 0 N–H and O–H groups in total. The van der Waals surface area contributed by atoms with Gasteiger partial charge in [-0.05, 0) is 31.6 Å².